The topological polar surface area (TPSA) is 38.0 Å². The lowest BCUT2D eigenvalue weighted by molar-refractivity contribution is 0.167. The second-order valence-electron chi connectivity index (χ2n) is 3.84. The fraction of sp³-hybridized carbons (Fsp3) is 0.250. The molecule has 0 amide bonds. The first-order chi connectivity index (χ1) is 8.08. The number of benzene rings is 1. The number of hydrogen-bond acceptors (Lipinski definition) is 2. The van der Waals surface area contributed by atoms with Crippen LogP contribution in [0.3, 0.4) is 0 Å². The third-order valence-corrected chi connectivity index (χ3v) is 2.86. The van der Waals surface area contributed by atoms with Gasteiger partial charge in [-0.3, -0.25) is 4.68 Å². The van der Waals surface area contributed by atoms with Gasteiger partial charge in [-0.15, -0.1) is 0 Å². The van der Waals surface area contributed by atoms with Crippen molar-refractivity contribution in [1.82, 2.24) is 9.78 Å². The molecule has 90 valence electrons. The van der Waals surface area contributed by atoms with E-state index < -0.39 is 6.10 Å². The second-order valence-corrected chi connectivity index (χ2v) is 4.27. The number of aryl methyl sites for hydroxylation is 1. The highest BCUT2D eigenvalue weighted by Crippen LogP contribution is 2.22. The molecule has 1 unspecified atom stereocenters. The number of nitrogens with zero attached hydrogens (tertiary/aromatic N) is 2. The minimum Gasteiger partial charge on any atom is -0.386 e. The predicted octanol–water partition coefficient (Wildman–Crippen LogP) is 2.49. The highest BCUT2D eigenvalue weighted by molar-refractivity contribution is 6.30. The maximum absolute atomic E-state index is 13.5. The van der Waals surface area contributed by atoms with E-state index in [0.29, 0.717) is 16.3 Å². The Morgan fingerprint density at radius 1 is 1.47 bits per heavy atom. The van der Waals surface area contributed by atoms with Crippen molar-refractivity contribution in [2.75, 3.05) is 0 Å². The zero-order valence-corrected chi connectivity index (χ0v) is 10.0. The molecule has 0 saturated heterocycles. The second kappa shape index (κ2) is 4.85. The summed E-state index contributed by atoms with van der Waals surface area (Å²) in [5.41, 5.74) is 1.04. The maximum atomic E-state index is 13.5. The highest BCUT2D eigenvalue weighted by Gasteiger charge is 2.14. The van der Waals surface area contributed by atoms with Crippen LogP contribution in [0.5, 0.6) is 0 Å². The molecular formula is C12H12ClFN2O. The lowest BCUT2D eigenvalue weighted by atomic mass is 10.1. The summed E-state index contributed by atoms with van der Waals surface area (Å²) in [6, 6.07) is 6.01. The van der Waals surface area contributed by atoms with Gasteiger partial charge in [-0.05, 0) is 29.8 Å². The van der Waals surface area contributed by atoms with Crippen LogP contribution in [-0.2, 0) is 13.5 Å². The van der Waals surface area contributed by atoms with Crippen molar-refractivity contribution in [2.45, 2.75) is 12.5 Å². The fourth-order valence-corrected chi connectivity index (χ4v) is 1.92. The van der Waals surface area contributed by atoms with Crippen LogP contribution in [0.1, 0.15) is 17.4 Å². The molecule has 3 nitrogen and oxygen atoms in total. The van der Waals surface area contributed by atoms with Crippen LogP contribution in [0, 0.1) is 5.82 Å². The van der Waals surface area contributed by atoms with Gasteiger partial charge in [0.1, 0.15) is 5.82 Å². The first-order valence-corrected chi connectivity index (χ1v) is 5.55. The molecule has 2 aromatic rings. The SMILES string of the molecule is Cn1nccc1C(O)Cc1cc(Cl)ccc1F. The maximum Gasteiger partial charge on any atom is 0.126 e. The molecule has 0 aliphatic heterocycles. The quantitative estimate of drug-likeness (QED) is 0.914. The first-order valence-electron chi connectivity index (χ1n) is 5.18. The summed E-state index contributed by atoms with van der Waals surface area (Å²) >= 11 is 5.79. The van der Waals surface area contributed by atoms with Crippen molar-refractivity contribution in [1.29, 1.82) is 0 Å². The Kier molecular flexibility index (Phi) is 3.45. The van der Waals surface area contributed by atoms with E-state index in [0.717, 1.165) is 0 Å². The molecule has 1 N–H and O–H groups in total. The van der Waals surface area contributed by atoms with E-state index >= 15 is 0 Å². The average Bonchev–Trinajstić information content (AvgIpc) is 2.70. The number of aromatic nitrogens is 2. The van der Waals surface area contributed by atoms with Gasteiger partial charge < -0.3 is 5.11 Å². The van der Waals surface area contributed by atoms with Gasteiger partial charge in [0, 0.05) is 24.7 Å². The molecule has 1 atom stereocenters. The molecule has 0 aliphatic carbocycles. The van der Waals surface area contributed by atoms with Gasteiger partial charge in [-0.2, -0.15) is 5.10 Å². The van der Waals surface area contributed by atoms with Crippen LogP contribution < -0.4 is 0 Å². The molecule has 0 bridgehead atoms. The van der Waals surface area contributed by atoms with Gasteiger partial charge in [0.25, 0.3) is 0 Å². The van der Waals surface area contributed by atoms with E-state index in [2.05, 4.69) is 5.10 Å². The van der Waals surface area contributed by atoms with E-state index in [1.807, 2.05) is 0 Å². The number of aliphatic hydroxyl groups excluding tert-OH is 1. The largest absolute Gasteiger partial charge is 0.386 e. The molecule has 2 rings (SSSR count). The van der Waals surface area contributed by atoms with E-state index in [1.54, 1.807) is 24.0 Å². The van der Waals surface area contributed by atoms with Crippen molar-refractivity contribution in [3.63, 3.8) is 0 Å². The summed E-state index contributed by atoms with van der Waals surface area (Å²) in [5.74, 6) is -0.365. The lowest BCUT2D eigenvalue weighted by Gasteiger charge is -2.11. The van der Waals surface area contributed by atoms with E-state index in [9.17, 15) is 9.50 Å². The van der Waals surface area contributed by atoms with Crippen LogP contribution in [-0.4, -0.2) is 14.9 Å². The van der Waals surface area contributed by atoms with Gasteiger partial charge in [-0.1, -0.05) is 11.6 Å². The Hall–Kier alpha value is -1.39. The molecular weight excluding hydrogens is 243 g/mol. The summed E-state index contributed by atoms with van der Waals surface area (Å²) in [6.45, 7) is 0. The van der Waals surface area contributed by atoms with E-state index in [-0.39, 0.29) is 12.2 Å². The number of rotatable bonds is 3. The van der Waals surface area contributed by atoms with Crippen LogP contribution in [0.2, 0.25) is 5.02 Å². The molecule has 0 aliphatic rings. The Bertz CT molecular complexity index is 527. The summed E-state index contributed by atoms with van der Waals surface area (Å²) in [6.07, 6.45) is 0.967. The minimum atomic E-state index is -0.796. The smallest absolute Gasteiger partial charge is 0.126 e. The minimum absolute atomic E-state index is 0.173. The number of hydrogen-bond donors (Lipinski definition) is 1. The summed E-state index contributed by atoms with van der Waals surface area (Å²) in [5, 5.41) is 14.4. The van der Waals surface area contributed by atoms with Crippen LogP contribution in [0.4, 0.5) is 4.39 Å². The van der Waals surface area contributed by atoms with Gasteiger partial charge in [0.05, 0.1) is 11.8 Å². The zero-order valence-electron chi connectivity index (χ0n) is 9.27. The van der Waals surface area contributed by atoms with Gasteiger partial charge >= 0.3 is 0 Å². The number of aliphatic hydroxyl groups is 1. The van der Waals surface area contributed by atoms with E-state index in [4.69, 9.17) is 11.6 Å². The van der Waals surface area contributed by atoms with Gasteiger partial charge in [0.15, 0.2) is 0 Å². The molecule has 17 heavy (non-hydrogen) atoms. The molecule has 5 heteroatoms. The normalized spacial score (nSPS) is 12.7. The standard InChI is InChI=1S/C12H12ClFN2O/c1-16-11(4-5-15-16)12(17)7-8-6-9(13)2-3-10(8)14/h2-6,12,17H,7H2,1H3. The molecule has 0 fully saturated rings. The molecule has 1 heterocycles. The molecule has 1 aromatic heterocycles. The van der Waals surface area contributed by atoms with Gasteiger partial charge in [0.2, 0.25) is 0 Å². The Morgan fingerprint density at radius 3 is 2.88 bits per heavy atom. The highest BCUT2D eigenvalue weighted by atomic mass is 35.5. The third kappa shape index (κ3) is 2.65. The molecule has 0 spiro atoms. The van der Waals surface area contributed by atoms with Crippen LogP contribution >= 0.6 is 11.6 Å². The Labute approximate surface area is 103 Å². The van der Waals surface area contributed by atoms with Crippen LogP contribution in [0.25, 0.3) is 0 Å². The van der Waals surface area contributed by atoms with Crippen molar-refractivity contribution >= 4 is 11.6 Å². The zero-order chi connectivity index (χ0) is 12.4. The van der Waals surface area contributed by atoms with Crippen molar-refractivity contribution in [3.05, 3.63) is 52.6 Å². The van der Waals surface area contributed by atoms with Crippen molar-refractivity contribution in [3.8, 4) is 0 Å². The monoisotopic (exact) mass is 254 g/mol. The van der Waals surface area contributed by atoms with E-state index in [1.165, 1.54) is 18.2 Å². The molecule has 0 saturated carbocycles. The lowest BCUT2D eigenvalue weighted by Crippen LogP contribution is -2.08. The summed E-state index contributed by atoms with van der Waals surface area (Å²) < 4.78 is 15.0. The summed E-state index contributed by atoms with van der Waals surface area (Å²) in [4.78, 5) is 0. The Balaban J connectivity index is 2.21. The predicted molar refractivity (Wildman–Crippen MR) is 63.3 cm³/mol. The average molecular weight is 255 g/mol. The Morgan fingerprint density at radius 2 is 2.24 bits per heavy atom. The first kappa shape index (κ1) is 12.1. The third-order valence-electron chi connectivity index (χ3n) is 2.62. The van der Waals surface area contributed by atoms with Crippen molar-refractivity contribution < 1.29 is 9.50 Å². The van der Waals surface area contributed by atoms with Gasteiger partial charge in [-0.25, -0.2) is 4.39 Å². The number of halogens is 2. The van der Waals surface area contributed by atoms with Crippen molar-refractivity contribution in [2.24, 2.45) is 7.05 Å². The summed E-state index contributed by atoms with van der Waals surface area (Å²) in [7, 11) is 1.73. The molecule has 0 radical (unpaired) electrons. The molecule has 1 aromatic carbocycles. The van der Waals surface area contributed by atoms with Crippen LogP contribution in [0.15, 0.2) is 30.5 Å². The fourth-order valence-electron chi connectivity index (χ4n) is 1.72.